The van der Waals surface area contributed by atoms with Crippen molar-refractivity contribution in [3.8, 4) is 0 Å². The van der Waals surface area contributed by atoms with E-state index in [1.165, 1.54) is 0 Å². The van der Waals surface area contributed by atoms with Gasteiger partial charge in [0.25, 0.3) is 0 Å². The number of nitrogens with zero attached hydrogens (tertiary/aromatic N) is 2. The van der Waals surface area contributed by atoms with Gasteiger partial charge in [-0.3, -0.25) is 9.69 Å². The average Bonchev–Trinajstić information content (AvgIpc) is 3.18. The van der Waals surface area contributed by atoms with Crippen molar-refractivity contribution in [3.63, 3.8) is 0 Å². The Morgan fingerprint density at radius 3 is 2.29 bits per heavy atom. The first-order chi connectivity index (χ1) is 11.5. The lowest BCUT2D eigenvalue weighted by Crippen LogP contribution is -2.51. The third-order valence-electron chi connectivity index (χ3n) is 5.83. The van der Waals surface area contributed by atoms with Crippen LogP contribution < -0.4 is 0 Å². The molecule has 1 atom stereocenters. The minimum atomic E-state index is -2.97. The lowest BCUT2D eigenvalue weighted by molar-refractivity contribution is -0.137. The number of ether oxygens (including phenoxy) is 1. The largest absolute Gasteiger partial charge is 0.381 e. The molecule has 24 heavy (non-hydrogen) atoms. The highest BCUT2D eigenvalue weighted by Gasteiger charge is 2.39. The maximum absolute atomic E-state index is 13.0. The molecule has 0 spiro atoms. The molecule has 2 aliphatic heterocycles. The van der Waals surface area contributed by atoms with Crippen molar-refractivity contribution in [1.82, 2.24) is 9.80 Å². The maximum atomic E-state index is 13.0. The fourth-order valence-corrected chi connectivity index (χ4v) is 6.17. The summed E-state index contributed by atoms with van der Waals surface area (Å²) in [5.41, 5.74) is 0. The van der Waals surface area contributed by atoms with Gasteiger partial charge in [0.1, 0.15) is 0 Å². The van der Waals surface area contributed by atoms with Gasteiger partial charge in [0.15, 0.2) is 9.84 Å². The van der Waals surface area contributed by atoms with Crippen LogP contribution >= 0.6 is 0 Å². The molecule has 0 radical (unpaired) electrons. The summed E-state index contributed by atoms with van der Waals surface area (Å²) in [6, 6.07) is 0.134. The molecule has 7 heteroatoms. The monoisotopic (exact) mass is 358 g/mol. The molecule has 2 saturated heterocycles. The van der Waals surface area contributed by atoms with Crippen molar-refractivity contribution in [3.05, 3.63) is 0 Å². The first-order valence-corrected chi connectivity index (χ1v) is 11.1. The number of piperidine rings is 1. The maximum Gasteiger partial charge on any atom is 0.237 e. The van der Waals surface area contributed by atoms with Gasteiger partial charge in [-0.1, -0.05) is 12.8 Å². The van der Waals surface area contributed by atoms with Crippen molar-refractivity contribution in [2.45, 2.75) is 63.1 Å². The van der Waals surface area contributed by atoms with E-state index in [0.717, 1.165) is 51.6 Å². The number of carbonyl (C=O) groups is 1. The van der Waals surface area contributed by atoms with Crippen LogP contribution in [0.25, 0.3) is 0 Å². The van der Waals surface area contributed by atoms with Gasteiger partial charge in [-0.25, -0.2) is 8.42 Å². The van der Waals surface area contributed by atoms with Crippen LogP contribution in [0.4, 0.5) is 0 Å². The zero-order chi connectivity index (χ0) is 17.2. The van der Waals surface area contributed by atoms with Crippen molar-refractivity contribution in [2.24, 2.45) is 0 Å². The summed E-state index contributed by atoms with van der Waals surface area (Å²) in [5.74, 6) is 0.508. The van der Waals surface area contributed by atoms with E-state index in [0.29, 0.717) is 19.1 Å². The van der Waals surface area contributed by atoms with E-state index in [9.17, 15) is 13.2 Å². The number of likely N-dealkylation sites (tertiary alicyclic amines) is 1. The normalized spacial score (nSPS) is 29.1. The number of rotatable bonds is 5. The molecule has 1 amide bonds. The summed E-state index contributed by atoms with van der Waals surface area (Å²) in [6.45, 7) is 2.18. The Morgan fingerprint density at radius 2 is 1.75 bits per heavy atom. The quantitative estimate of drug-likeness (QED) is 0.735. The van der Waals surface area contributed by atoms with Gasteiger partial charge in [-0.05, 0) is 32.1 Å². The Hall–Kier alpha value is -0.660. The smallest absolute Gasteiger partial charge is 0.237 e. The number of sulfone groups is 1. The van der Waals surface area contributed by atoms with Gasteiger partial charge in [0.05, 0.1) is 24.2 Å². The molecule has 0 N–H and O–H groups in total. The highest BCUT2D eigenvalue weighted by atomic mass is 32.2. The molecule has 1 unspecified atom stereocenters. The summed E-state index contributed by atoms with van der Waals surface area (Å²) in [5, 5.41) is 0. The third kappa shape index (κ3) is 4.29. The molecule has 6 nitrogen and oxygen atoms in total. The van der Waals surface area contributed by atoms with E-state index in [1.54, 1.807) is 7.11 Å². The molecule has 2 heterocycles. The van der Waals surface area contributed by atoms with Gasteiger partial charge >= 0.3 is 0 Å². The van der Waals surface area contributed by atoms with Gasteiger partial charge in [0, 0.05) is 32.3 Å². The fraction of sp³-hybridized carbons (Fsp3) is 0.941. The topological polar surface area (TPSA) is 66.9 Å². The lowest BCUT2D eigenvalue weighted by Gasteiger charge is -2.37. The Labute approximate surface area is 145 Å². The summed E-state index contributed by atoms with van der Waals surface area (Å²) in [4.78, 5) is 17.2. The molecular formula is C17H30N2O4S. The van der Waals surface area contributed by atoms with Crippen molar-refractivity contribution < 1.29 is 17.9 Å². The van der Waals surface area contributed by atoms with Gasteiger partial charge < -0.3 is 9.64 Å². The standard InChI is InChI=1S/C17H30N2O4S/c1-23-16-6-9-18(10-7-16)12-17(20)19(14-4-2-3-5-14)15-8-11-24(21,22)13-15/h14-16H,2-13H2,1H3. The average molecular weight is 359 g/mol. The number of carbonyl (C=O) groups excluding carboxylic acids is 1. The van der Waals surface area contributed by atoms with Crippen LogP contribution in [0.3, 0.4) is 0 Å². The molecular weight excluding hydrogens is 328 g/mol. The Bertz CT molecular complexity index is 537. The summed E-state index contributed by atoms with van der Waals surface area (Å²) < 4.78 is 29.1. The van der Waals surface area contributed by atoms with Crippen LogP contribution in [0, 0.1) is 0 Å². The molecule has 0 bridgehead atoms. The minimum absolute atomic E-state index is 0.109. The van der Waals surface area contributed by atoms with Crippen molar-refractivity contribution in [1.29, 1.82) is 0 Å². The first-order valence-electron chi connectivity index (χ1n) is 9.25. The molecule has 0 aromatic rings. The van der Waals surface area contributed by atoms with Crippen LogP contribution in [0.2, 0.25) is 0 Å². The second-order valence-corrected chi connectivity index (χ2v) is 9.74. The van der Waals surface area contributed by atoms with Gasteiger partial charge in [-0.2, -0.15) is 0 Å². The van der Waals surface area contributed by atoms with E-state index in [-0.39, 0.29) is 29.5 Å². The van der Waals surface area contributed by atoms with Crippen LogP contribution in [0.5, 0.6) is 0 Å². The van der Waals surface area contributed by atoms with E-state index in [2.05, 4.69) is 4.90 Å². The molecule has 0 aromatic carbocycles. The number of amides is 1. The van der Waals surface area contributed by atoms with E-state index in [4.69, 9.17) is 4.74 Å². The fourth-order valence-electron chi connectivity index (χ4n) is 4.46. The van der Waals surface area contributed by atoms with Gasteiger partial charge in [-0.15, -0.1) is 0 Å². The van der Waals surface area contributed by atoms with Crippen molar-refractivity contribution in [2.75, 3.05) is 38.2 Å². The number of methoxy groups -OCH3 is 1. The molecule has 3 aliphatic rings. The predicted molar refractivity (Wildman–Crippen MR) is 92.6 cm³/mol. The first kappa shape index (κ1) is 18.1. The Morgan fingerprint density at radius 1 is 1.08 bits per heavy atom. The summed E-state index contributed by atoms with van der Waals surface area (Å²) in [6.07, 6.45) is 7.18. The second kappa shape index (κ2) is 7.70. The zero-order valence-corrected chi connectivity index (χ0v) is 15.5. The van der Waals surface area contributed by atoms with Crippen LogP contribution in [-0.2, 0) is 19.4 Å². The second-order valence-electron chi connectivity index (χ2n) is 7.51. The minimum Gasteiger partial charge on any atom is -0.381 e. The van der Waals surface area contributed by atoms with Crippen LogP contribution in [0.15, 0.2) is 0 Å². The third-order valence-corrected chi connectivity index (χ3v) is 7.59. The molecule has 0 aromatic heterocycles. The SMILES string of the molecule is COC1CCN(CC(=O)N(C2CCCC2)C2CCS(=O)(=O)C2)CC1. The predicted octanol–water partition coefficient (Wildman–Crippen LogP) is 1.06. The number of hydrogen-bond donors (Lipinski definition) is 0. The highest BCUT2D eigenvalue weighted by Crippen LogP contribution is 2.29. The summed E-state index contributed by atoms with van der Waals surface area (Å²) >= 11 is 0. The molecule has 1 saturated carbocycles. The molecule has 138 valence electrons. The Kier molecular flexibility index (Phi) is 5.82. The summed E-state index contributed by atoms with van der Waals surface area (Å²) in [7, 11) is -1.23. The van der Waals surface area contributed by atoms with Crippen LogP contribution in [-0.4, -0.2) is 80.6 Å². The molecule has 3 fully saturated rings. The lowest BCUT2D eigenvalue weighted by atomic mass is 10.1. The van der Waals surface area contributed by atoms with E-state index >= 15 is 0 Å². The van der Waals surface area contributed by atoms with Gasteiger partial charge in [0.2, 0.25) is 5.91 Å². The number of hydrogen-bond acceptors (Lipinski definition) is 5. The molecule has 3 rings (SSSR count). The molecule has 1 aliphatic carbocycles. The van der Waals surface area contributed by atoms with Crippen molar-refractivity contribution >= 4 is 15.7 Å². The highest BCUT2D eigenvalue weighted by molar-refractivity contribution is 7.91. The Balaban J connectivity index is 1.63. The van der Waals surface area contributed by atoms with Crippen LogP contribution in [0.1, 0.15) is 44.9 Å². The van der Waals surface area contributed by atoms with E-state index < -0.39 is 9.84 Å². The zero-order valence-electron chi connectivity index (χ0n) is 14.7. The van der Waals surface area contributed by atoms with E-state index in [1.807, 2.05) is 4.90 Å².